The van der Waals surface area contributed by atoms with Gasteiger partial charge in [-0.1, -0.05) is 156 Å². The second kappa shape index (κ2) is 20.5. The van der Waals surface area contributed by atoms with Crippen LogP contribution in [0.25, 0.3) is 39.3 Å². The molecular formula is C59H66N2O2. The van der Waals surface area contributed by atoms with Crippen LogP contribution in [0.15, 0.2) is 140 Å². The van der Waals surface area contributed by atoms with Crippen molar-refractivity contribution >= 4 is 17.1 Å². The number of anilines is 3. The molecule has 7 aromatic rings. The smallest absolute Gasteiger partial charge is 0.152 e. The fourth-order valence-electron chi connectivity index (χ4n) is 9.06. The van der Waals surface area contributed by atoms with Crippen molar-refractivity contribution in [3.05, 3.63) is 162 Å². The first kappa shape index (κ1) is 43.6. The predicted octanol–water partition coefficient (Wildman–Crippen LogP) is 17.5. The lowest BCUT2D eigenvalue weighted by atomic mass is 9.98. The number of hydrogen-bond acceptors (Lipinski definition) is 3. The second-order valence-corrected chi connectivity index (χ2v) is 17.8. The largest absolute Gasteiger partial charge is 0.493 e. The number of hydrogen-bond donors (Lipinski definition) is 0. The molecular weight excluding hydrogens is 769 g/mol. The van der Waals surface area contributed by atoms with Crippen molar-refractivity contribution < 1.29 is 9.47 Å². The van der Waals surface area contributed by atoms with Crippen LogP contribution < -0.4 is 14.4 Å². The minimum absolute atomic E-state index is 0.589. The molecule has 1 aliphatic rings. The van der Waals surface area contributed by atoms with E-state index in [-0.39, 0.29) is 0 Å². The van der Waals surface area contributed by atoms with Gasteiger partial charge >= 0.3 is 0 Å². The van der Waals surface area contributed by atoms with Gasteiger partial charge in [-0.05, 0) is 146 Å². The molecule has 1 aliphatic heterocycles. The molecule has 2 heterocycles. The second-order valence-electron chi connectivity index (χ2n) is 17.8. The van der Waals surface area contributed by atoms with E-state index in [1.807, 2.05) is 0 Å². The lowest BCUT2D eigenvalue weighted by Gasteiger charge is -2.33. The van der Waals surface area contributed by atoms with Gasteiger partial charge in [0.05, 0.1) is 29.4 Å². The van der Waals surface area contributed by atoms with Crippen molar-refractivity contribution in [1.82, 2.24) is 4.57 Å². The van der Waals surface area contributed by atoms with E-state index >= 15 is 0 Å². The molecule has 6 aromatic carbocycles. The van der Waals surface area contributed by atoms with Gasteiger partial charge in [0.1, 0.15) is 5.75 Å². The maximum absolute atomic E-state index is 6.74. The van der Waals surface area contributed by atoms with Gasteiger partial charge in [-0.25, -0.2) is 0 Å². The van der Waals surface area contributed by atoms with Gasteiger partial charge in [-0.2, -0.15) is 0 Å². The van der Waals surface area contributed by atoms with Crippen molar-refractivity contribution in [2.45, 2.75) is 112 Å². The minimum atomic E-state index is 0.589. The molecule has 4 nitrogen and oxygen atoms in total. The number of aryl methyl sites for hydroxylation is 4. The summed E-state index contributed by atoms with van der Waals surface area (Å²) in [7, 11) is 0. The van der Waals surface area contributed by atoms with E-state index in [0.29, 0.717) is 5.92 Å². The highest BCUT2D eigenvalue weighted by molar-refractivity contribution is 5.88. The fourth-order valence-corrected chi connectivity index (χ4v) is 9.06. The highest BCUT2D eigenvalue weighted by Crippen LogP contribution is 2.52. The lowest BCUT2D eigenvalue weighted by Crippen LogP contribution is -2.16. The molecule has 0 spiro atoms. The summed E-state index contributed by atoms with van der Waals surface area (Å²) in [5.74, 6) is 3.20. The van der Waals surface area contributed by atoms with Crippen LogP contribution in [0, 0.1) is 26.7 Å². The fraction of sp³-hybridized carbons (Fsp3) is 0.322. The van der Waals surface area contributed by atoms with Crippen LogP contribution in [0.5, 0.6) is 17.2 Å². The van der Waals surface area contributed by atoms with E-state index in [9.17, 15) is 0 Å². The molecule has 0 saturated heterocycles. The highest BCUT2D eigenvalue weighted by Gasteiger charge is 2.27. The standard InChI is InChI=1S/C59H66N2O2/c1-7-10-12-13-14-15-17-50-39-56(47-23-18-42(4)19-24-47)61(52-30-20-43(5)21-31-52)59(50)48-27-25-46(26-28-48)49-29-37-55-58(40-49)63-57-38-44(6)22-36-54(57)60(55)51-32-34-53(35-33-51)62-41-45(9-3)16-11-8-2/h18-40,45H,7-17,41H2,1-6H3. The third-order valence-electron chi connectivity index (χ3n) is 12.9. The molecule has 0 radical (unpaired) electrons. The molecule has 1 aromatic heterocycles. The number of fused-ring (bicyclic) bond motifs is 2. The molecule has 8 rings (SSSR count). The lowest BCUT2D eigenvalue weighted by molar-refractivity contribution is 0.233. The topological polar surface area (TPSA) is 26.6 Å². The summed E-state index contributed by atoms with van der Waals surface area (Å²) in [6.45, 7) is 14.0. The predicted molar refractivity (Wildman–Crippen MR) is 267 cm³/mol. The molecule has 324 valence electrons. The van der Waals surface area contributed by atoms with Crippen molar-refractivity contribution in [2.24, 2.45) is 5.92 Å². The zero-order chi connectivity index (χ0) is 43.7. The van der Waals surface area contributed by atoms with Crippen molar-refractivity contribution in [3.63, 3.8) is 0 Å². The third kappa shape index (κ3) is 10.1. The molecule has 0 bridgehead atoms. The molecule has 63 heavy (non-hydrogen) atoms. The van der Waals surface area contributed by atoms with Crippen molar-refractivity contribution in [3.8, 4) is 56.6 Å². The first-order valence-electron chi connectivity index (χ1n) is 23.8. The van der Waals surface area contributed by atoms with E-state index in [1.165, 1.54) is 103 Å². The van der Waals surface area contributed by atoms with E-state index in [2.05, 4.69) is 191 Å². The zero-order valence-electron chi connectivity index (χ0n) is 38.6. The average molecular weight is 835 g/mol. The number of nitrogens with zero attached hydrogens (tertiary/aromatic N) is 2. The summed E-state index contributed by atoms with van der Waals surface area (Å²) >= 11 is 0. The highest BCUT2D eigenvalue weighted by atomic mass is 16.5. The summed E-state index contributed by atoms with van der Waals surface area (Å²) in [4.78, 5) is 2.32. The maximum Gasteiger partial charge on any atom is 0.152 e. The zero-order valence-corrected chi connectivity index (χ0v) is 38.6. The van der Waals surface area contributed by atoms with Crippen LogP contribution in [0.2, 0.25) is 0 Å². The van der Waals surface area contributed by atoms with Gasteiger partial charge in [-0.15, -0.1) is 0 Å². The van der Waals surface area contributed by atoms with E-state index < -0.39 is 0 Å². The van der Waals surface area contributed by atoms with Gasteiger partial charge in [-0.3, -0.25) is 0 Å². The quantitative estimate of drug-likeness (QED) is 0.0759. The molecule has 0 fully saturated rings. The SMILES string of the molecule is CCCCCCCCc1cc(-c2ccc(C)cc2)n(-c2ccc(C)cc2)c1-c1ccc(-c2ccc3c(c2)Oc2cc(C)ccc2N3c2ccc(OCC(CC)CCCC)cc2)cc1. The number of unbranched alkanes of at least 4 members (excludes halogenated alkanes) is 6. The average Bonchev–Trinajstić information content (AvgIpc) is 3.69. The van der Waals surface area contributed by atoms with Crippen molar-refractivity contribution in [1.29, 1.82) is 0 Å². The Morgan fingerprint density at radius 1 is 0.508 bits per heavy atom. The van der Waals surface area contributed by atoms with Gasteiger partial charge in [0.15, 0.2) is 11.5 Å². The Balaban J connectivity index is 1.12. The Labute approximate surface area is 377 Å². The van der Waals surface area contributed by atoms with Gasteiger partial charge in [0.25, 0.3) is 0 Å². The van der Waals surface area contributed by atoms with Crippen LogP contribution in [-0.2, 0) is 6.42 Å². The summed E-state index contributed by atoms with van der Waals surface area (Å²) < 4.78 is 15.5. The van der Waals surface area contributed by atoms with Gasteiger partial charge < -0.3 is 18.9 Å². The Morgan fingerprint density at radius 2 is 1.08 bits per heavy atom. The van der Waals surface area contributed by atoms with E-state index in [4.69, 9.17) is 9.47 Å². The normalized spacial score (nSPS) is 12.4. The van der Waals surface area contributed by atoms with Crippen LogP contribution >= 0.6 is 0 Å². The monoisotopic (exact) mass is 835 g/mol. The number of aromatic nitrogens is 1. The van der Waals surface area contributed by atoms with Gasteiger partial charge in [0, 0.05) is 11.4 Å². The van der Waals surface area contributed by atoms with Gasteiger partial charge in [0.2, 0.25) is 0 Å². The first-order chi connectivity index (χ1) is 30.8. The summed E-state index contributed by atoms with van der Waals surface area (Å²) in [6, 6.07) is 51.4. The molecule has 0 aliphatic carbocycles. The number of ether oxygens (including phenoxy) is 2. The Hall–Kier alpha value is -6.00. The first-order valence-corrected chi connectivity index (χ1v) is 23.8. The summed E-state index contributed by atoms with van der Waals surface area (Å²) in [5.41, 5.74) is 16.7. The van der Waals surface area contributed by atoms with Crippen LogP contribution in [0.3, 0.4) is 0 Å². The Morgan fingerprint density at radius 3 is 1.78 bits per heavy atom. The maximum atomic E-state index is 6.74. The van der Waals surface area contributed by atoms with Crippen LogP contribution in [0.1, 0.15) is 107 Å². The van der Waals surface area contributed by atoms with E-state index in [1.54, 1.807) is 0 Å². The molecule has 4 heteroatoms. The molecule has 1 unspecified atom stereocenters. The Bertz CT molecular complexity index is 2560. The number of rotatable bonds is 19. The third-order valence-corrected chi connectivity index (χ3v) is 12.9. The van der Waals surface area contributed by atoms with Crippen molar-refractivity contribution in [2.75, 3.05) is 11.5 Å². The summed E-state index contributed by atoms with van der Waals surface area (Å²) in [5, 5.41) is 0. The summed E-state index contributed by atoms with van der Waals surface area (Å²) in [6.07, 6.45) is 13.5. The Kier molecular flexibility index (Phi) is 14.2. The molecule has 0 N–H and O–H groups in total. The minimum Gasteiger partial charge on any atom is -0.493 e. The molecule has 0 saturated carbocycles. The van der Waals surface area contributed by atoms with Crippen LogP contribution in [0.4, 0.5) is 17.1 Å². The van der Waals surface area contributed by atoms with E-state index in [0.717, 1.165) is 70.4 Å². The molecule has 1 atom stereocenters. The van der Waals surface area contributed by atoms with Crippen LogP contribution in [-0.4, -0.2) is 11.2 Å². The number of benzene rings is 6. The molecule has 0 amide bonds.